The number of halogens is 2. The molecule has 30 heavy (non-hydrogen) atoms. The number of anilines is 1. The van der Waals surface area contributed by atoms with Gasteiger partial charge in [0, 0.05) is 35.5 Å². The molecule has 4 rings (SSSR count). The Morgan fingerprint density at radius 2 is 1.90 bits per heavy atom. The molecule has 0 radical (unpaired) electrons. The average Bonchev–Trinajstić information content (AvgIpc) is 3.19. The zero-order valence-electron chi connectivity index (χ0n) is 17.1. The molecule has 0 saturated carbocycles. The number of hydrogen-bond acceptors (Lipinski definition) is 4. The van der Waals surface area contributed by atoms with Gasteiger partial charge in [0.05, 0.1) is 11.3 Å². The number of carbonyl (C=O) groups excluding carboxylic acids is 1. The van der Waals surface area contributed by atoms with E-state index in [1.54, 1.807) is 11.8 Å². The van der Waals surface area contributed by atoms with Crippen molar-refractivity contribution in [3.8, 4) is 0 Å². The first-order chi connectivity index (χ1) is 14.5. The van der Waals surface area contributed by atoms with E-state index in [0.29, 0.717) is 23.7 Å². The number of aryl methyl sites for hydroxylation is 1. The Kier molecular flexibility index (Phi) is 7.05. The number of nitrogens with zero attached hydrogens (tertiary/aromatic N) is 1. The van der Waals surface area contributed by atoms with Crippen LogP contribution >= 0.6 is 11.8 Å². The molecule has 1 aliphatic rings. The molecule has 0 fully saturated rings. The summed E-state index contributed by atoms with van der Waals surface area (Å²) in [5.41, 5.74) is 1.67. The van der Waals surface area contributed by atoms with E-state index in [0.717, 1.165) is 6.07 Å². The molecule has 0 spiro atoms. The maximum atomic E-state index is 14.2. The molecule has 156 valence electrons. The molecule has 1 aromatic heterocycles. The Morgan fingerprint density at radius 1 is 1.17 bits per heavy atom. The number of benzene rings is 2. The van der Waals surface area contributed by atoms with Crippen molar-refractivity contribution in [1.82, 2.24) is 4.98 Å². The van der Waals surface area contributed by atoms with Gasteiger partial charge in [0.15, 0.2) is 5.82 Å². The first-order valence-electron chi connectivity index (χ1n) is 9.49. The average molecular weight is 428 g/mol. The summed E-state index contributed by atoms with van der Waals surface area (Å²) < 4.78 is 28.1. The highest BCUT2D eigenvalue weighted by Gasteiger charge is 2.23. The highest BCUT2D eigenvalue weighted by Crippen LogP contribution is 2.22. The van der Waals surface area contributed by atoms with Crippen LogP contribution in [-0.4, -0.2) is 30.6 Å². The third kappa shape index (κ3) is 4.62. The Bertz CT molecular complexity index is 1170. The number of rotatable bonds is 4. The van der Waals surface area contributed by atoms with E-state index in [-0.39, 0.29) is 11.3 Å². The van der Waals surface area contributed by atoms with Crippen LogP contribution in [-0.2, 0) is 0 Å². The smallest absolute Gasteiger partial charge is 0.201 e. The summed E-state index contributed by atoms with van der Waals surface area (Å²) in [4.78, 5) is 20.9. The standard InChI is InChI=1S/C15H13F2N3O.C8H10S/c1-18-11-5-4-10(16)12(13(11)17)14(21)9-7-20-15-8(9)3-2-6-19-15;1-7-3-5-8(9-2)6-4-7/h3-5,7,18H,2,6H2,1H3,(H,19,20);3-6H,1-2H3. The van der Waals surface area contributed by atoms with Crippen molar-refractivity contribution in [2.24, 2.45) is 4.99 Å². The van der Waals surface area contributed by atoms with Gasteiger partial charge in [-0.05, 0) is 43.9 Å². The van der Waals surface area contributed by atoms with Gasteiger partial charge in [-0.15, -0.1) is 11.8 Å². The summed E-state index contributed by atoms with van der Waals surface area (Å²) in [7, 11) is 1.51. The van der Waals surface area contributed by atoms with Crippen LogP contribution in [0.15, 0.2) is 52.5 Å². The SMILES string of the molecule is CNc1ccc(F)c(C(=O)c2c[nH]c3c2=CCCN=3)c1F.CSc1ccc(C)cc1. The van der Waals surface area contributed by atoms with Crippen LogP contribution in [0.5, 0.6) is 0 Å². The molecule has 7 heteroatoms. The number of aromatic nitrogens is 1. The zero-order chi connectivity index (χ0) is 21.7. The molecular formula is C23H23F2N3OS. The second-order valence-electron chi connectivity index (χ2n) is 6.72. The summed E-state index contributed by atoms with van der Waals surface area (Å²) in [6, 6.07) is 10.9. The first kappa shape index (κ1) is 21.8. The molecule has 4 nitrogen and oxygen atoms in total. The van der Waals surface area contributed by atoms with E-state index >= 15 is 0 Å². The van der Waals surface area contributed by atoms with Crippen LogP contribution in [0.1, 0.15) is 27.9 Å². The summed E-state index contributed by atoms with van der Waals surface area (Å²) in [6.07, 6.45) is 6.09. The number of ketones is 1. The van der Waals surface area contributed by atoms with E-state index in [1.807, 2.05) is 6.08 Å². The van der Waals surface area contributed by atoms with Crippen molar-refractivity contribution >= 4 is 29.3 Å². The highest BCUT2D eigenvalue weighted by molar-refractivity contribution is 7.98. The van der Waals surface area contributed by atoms with Crippen molar-refractivity contribution in [1.29, 1.82) is 0 Å². The summed E-state index contributed by atoms with van der Waals surface area (Å²) in [5, 5.41) is 3.21. The van der Waals surface area contributed by atoms with E-state index < -0.39 is 23.0 Å². The lowest BCUT2D eigenvalue weighted by atomic mass is 10.0. The Labute approximate surface area is 178 Å². The quantitative estimate of drug-likeness (QED) is 0.487. The lowest BCUT2D eigenvalue weighted by molar-refractivity contribution is 0.103. The molecule has 0 unspecified atom stereocenters. The van der Waals surface area contributed by atoms with Gasteiger partial charge >= 0.3 is 0 Å². The Balaban J connectivity index is 0.000000239. The maximum absolute atomic E-state index is 14.2. The second-order valence-corrected chi connectivity index (χ2v) is 7.60. The topological polar surface area (TPSA) is 57.2 Å². The van der Waals surface area contributed by atoms with Gasteiger partial charge in [0.2, 0.25) is 5.78 Å². The molecule has 3 aromatic rings. The fourth-order valence-corrected chi connectivity index (χ4v) is 3.51. The number of hydrogen-bond donors (Lipinski definition) is 2. The number of nitrogens with one attached hydrogen (secondary N) is 2. The number of H-pyrrole nitrogens is 1. The van der Waals surface area contributed by atoms with Crippen molar-refractivity contribution in [2.75, 3.05) is 25.2 Å². The number of aromatic amines is 1. The van der Waals surface area contributed by atoms with Crippen molar-refractivity contribution in [2.45, 2.75) is 18.2 Å². The third-order valence-corrected chi connectivity index (χ3v) is 5.48. The van der Waals surface area contributed by atoms with E-state index in [9.17, 15) is 13.6 Å². The van der Waals surface area contributed by atoms with E-state index in [4.69, 9.17) is 0 Å². The molecule has 2 N–H and O–H groups in total. The van der Waals surface area contributed by atoms with Gasteiger partial charge in [-0.25, -0.2) is 8.78 Å². The lowest BCUT2D eigenvalue weighted by Gasteiger charge is -2.08. The van der Waals surface area contributed by atoms with Crippen molar-refractivity contribution in [3.05, 3.63) is 81.6 Å². The van der Waals surface area contributed by atoms with Gasteiger partial charge in [0.25, 0.3) is 0 Å². The largest absolute Gasteiger partial charge is 0.386 e. The third-order valence-electron chi connectivity index (χ3n) is 4.73. The Morgan fingerprint density at radius 3 is 2.57 bits per heavy atom. The van der Waals surface area contributed by atoms with Crippen LogP contribution in [0.25, 0.3) is 6.08 Å². The fraction of sp³-hybridized carbons (Fsp3) is 0.217. The molecule has 2 aromatic carbocycles. The number of thioether (sulfide) groups is 1. The Hall–Kier alpha value is -2.93. The summed E-state index contributed by atoms with van der Waals surface area (Å²) in [6.45, 7) is 2.74. The van der Waals surface area contributed by atoms with Crippen molar-refractivity contribution in [3.63, 3.8) is 0 Å². The molecule has 0 saturated heterocycles. The number of carbonyl (C=O) groups is 1. The van der Waals surface area contributed by atoms with Gasteiger partial charge in [-0.3, -0.25) is 9.79 Å². The molecule has 0 amide bonds. The second kappa shape index (κ2) is 9.71. The van der Waals surface area contributed by atoms with Crippen LogP contribution in [0.4, 0.5) is 14.5 Å². The zero-order valence-corrected chi connectivity index (χ0v) is 17.9. The summed E-state index contributed by atoms with van der Waals surface area (Å²) >= 11 is 1.78. The van der Waals surface area contributed by atoms with Gasteiger partial charge in [0.1, 0.15) is 11.3 Å². The first-order valence-corrected chi connectivity index (χ1v) is 10.7. The normalized spacial score (nSPS) is 12.0. The van der Waals surface area contributed by atoms with Gasteiger partial charge < -0.3 is 10.3 Å². The molecule has 0 atom stereocenters. The van der Waals surface area contributed by atoms with Crippen LogP contribution < -0.4 is 16.0 Å². The predicted molar refractivity (Wildman–Crippen MR) is 118 cm³/mol. The number of fused-ring (bicyclic) bond motifs is 1. The molecule has 2 heterocycles. The highest BCUT2D eigenvalue weighted by atomic mass is 32.2. The predicted octanol–water partition coefficient (Wildman–Crippen LogP) is 4.09. The van der Waals surface area contributed by atoms with Crippen LogP contribution in [0, 0.1) is 18.6 Å². The van der Waals surface area contributed by atoms with Crippen molar-refractivity contribution < 1.29 is 13.6 Å². The van der Waals surface area contributed by atoms with E-state index in [1.165, 1.54) is 29.8 Å². The molecule has 0 bridgehead atoms. The monoisotopic (exact) mass is 427 g/mol. The molecule has 0 aliphatic carbocycles. The fourth-order valence-electron chi connectivity index (χ4n) is 3.10. The lowest BCUT2D eigenvalue weighted by Crippen LogP contribution is -2.30. The minimum absolute atomic E-state index is 0.0813. The van der Waals surface area contributed by atoms with E-state index in [2.05, 4.69) is 52.7 Å². The van der Waals surface area contributed by atoms with Gasteiger partial charge in [-0.1, -0.05) is 23.8 Å². The summed E-state index contributed by atoms with van der Waals surface area (Å²) in [5.74, 6) is -2.45. The molecule has 1 aliphatic heterocycles. The minimum Gasteiger partial charge on any atom is -0.386 e. The minimum atomic E-state index is -0.884. The van der Waals surface area contributed by atoms with Crippen LogP contribution in [0.2, 0.25) is 0 Å². The molecular weight excluding hydrogens is 404 g/mol. The van der Waals surface area contributed by atoms with Crippen LogP contribution in [0.3, 0.4) is 0 Å². The maximum Gasteiger partial charge on any atom is 0.201 e. The van der Waals surface area contributed by atoms with Gasteiger partial charge in [-0.2, -0.15) is 0 Å².